The summed E-state index contributed by atoms with van der Waals surface area (Å²) in [5.74, 6) is 0.795. The number of rotatable bonds is 6. The zero-order valence-corrected chi connectivity index (χ0v) is 12.3. The van der Waals surface area contributed by atoms with E-state index in [1.807, 2.05) is 11.8 Å². The van der Waals surface area contributed by atoms with Crippen molar-refractivity contribution in [2.75, 3.05) is 19.0 Å². The molecule has 3 heteroatoms. The number of amides is 1. The molecule has 1 amide bonds. The normalized spacial score (nSPS) is 10.4. The first-order valence-corrected chi connectivity index (χ1v) is 7.01. The van der Waals surface area contributed by atoms with Gasteiger partial charge in [0, 0.05) is 19.0 Å². The molecule has 0 heterocycles. The maximum atomic E-state index is 12.2. The first-order chi connectivity index (χ1) is 8.58. The summed E-state index contributed by atoms with van der Waals surface area (Å²) in [5, 5.41) is 0. The van der Waals surface area contributed by atoms with Crippen LogP contribution >= 0.6 is 11.6 Å². The van der Waals surface area contributed by atoms with E-state index in [-0.39, 0.29) is 5.91 Å². The van der Waals surface area contributed by atoms with Crippen molar-refractivity contribution >= 4 is 17.5 Å². The molecular formula is C15H22ClNO. The minimum absolute atomic E-state index is 0.191. The van der Waals surface area contributed by atoms with Crippen molar-refractivity contribution < 1.29 is 4.79 Å². The average molecular weight is 268 g/mol. The van der Waals surface area contributed by atoms with Crippen LogP contribution in [0.3, 0.4) is 0 Å². The van der Waals surface area contributed by atoms with Gasteiger partial charge < -0.3 is 4.90 Å². The summed E-state index contributed by atoms with van der Waals surface area (Å²) >= 11 is 5.68. The SMILES string of the molecule is CCN(CCCCl)C(=O)Cc1cc(C)ccc1C. The zero-order valence-electron chi connectivity index (χ0n) is 11.5. The van der Waals surface area contributed by atoms with Gasteiger partial charge in [0.05, 0.1) is 6.42 Å². The third-order valence-corrected chi connectivity index (χ3v) is 3.41. The van der Waals surface area contributed by atoms with Crippen molar-refractivity contribution in [3.8, 4) is 0 Å². The first-order valence-electron chi connectivity index (χ1n) is 6.48. The van der Waals surface area contributed by atoms with E-state index < -0.39 is 0 Å². The molecule has 1 aromatic rings. The van der Waals surface area contributed by atoms with Gasteiger partial charge in [0.2, 0.25) is 5.91 Å². The predicted molar refractivity (Wildman–Crippen MR) is 77.2 cm³/mol. The Morgan fingerprint density at radius 3 is 2.67 bits per heavy atom. The number of aryl methyl sites for hydroxylation is 2. The topological polar surface area (TPSA) is 20.3 Å². The molecule has 1 rings (SSSR count). The smallest absolute Gasteiger partial charge is 0.226 e. The number of hydrogen-bond acceptors (Lipinski definition) is 1. The number of alkyl halides is 1. The molecule has 1 aromatic carbocycles. The fraction of sp³-hybridized carbons (Fsp3) is 0.533. The molecule has 100 valence electrons. The van der Waals surface area contributed by atoms with Gasteiger partial charge in [-0.25, -0.2) is 0 Å². The molecule has 0 aliphatic rings. The van der Waals surface area contributed by atoms with E-state index in [4.69, 9.17) is 11.6 Å². The Hall–Kier alpha value is -1.02. The van der Waals surface area contributed by atoms with Crippen LogP contribution in [0.1, 0.15) is 30.0 Å². The van der Waals surface area contributed by atoms with Crippen molar-refractivity contribution in [3.05, 3.63) is 34.9 Å². The second-order valence-corrected chi connectivity index (χ2v) is 5.00. The summed E-state index contributed by atoms with van der Waals surface area (Å²) in [4.78, 5) is 14.1. The van der Waals surface area contributed by atoms with Crippen LogP contribution in [-0.2, 0) is 11.2 Å². The molecule has 0 spiro atoms. The highest BCUT2D eigenvalue weighted by atomic mass is 35.5. The Labute approximate surface area is 115 Å². The Balaban J connectivity index is 2.70. The van der Waals surface area contributed by atoms with Gasteiger partial charge in [0.15, 0.2) is 0 Å². The first kappa shape index (κ1) is 15.0. The molecule has 0 fully saturated rings. The monoisotopic (exact) mass is 267 g/mol. The van der Waals surface area contributed by atoms with E-state index in [1.54, 1.807) is 0 Å². The van der Waals surface area contributed by atoms with E-state index in [1.165, 1.54) is 11.1 Å². The molecule has 0 unspecified atom stereocenters. The standard InChI is InChI=1S/C15H22ClNO/c1-4-17(9-5-8-16)15(18)11-14-10-12(2)6-7-13(14)3/h6-7,10H,4-5,8-9,11H2,1-3H3. The van der Waals surface area contributed by atoms with Gasteiger partial charge in [-0.3, -0.25) is 4.79 Å². The van der Waals surface area contributed by atoms with Crippen LogP contribution in [0.4, 0.5) is 0 Å². The van der Waals surface area contributed by atoms with Gasteiger partial charge in [-0.15, -0.1) is 11.6 Å². The Kier molecular flexibility index (Phi) is 6.20. The summed E-state index contributed by atoms with van der Waals surface area (Å²) in [5.41, 5.74) is 3.51. The van der Waals surface area contributed by atoms with Crippen LogP contribution in [0.2, 0.25) is 0 Å². The quantitative estimate of drug-likeness (QED) is 0.724. The molecule has 18 heavy (non-hydrogen) atoms. The van der Waals surface area contributed by atoms with Crippen LogP contribution in [0.15, 0.2) is 18.2 Å². The molecule has 0 aromatic heterocycles. The highest BCUT2D eigenvalue weighted by Gasteiger charge is 2.13. The summed E-state index contributed by atoms with van der Waals surface area (Å²) in [6.45, 7) is 7.62. The Morgan fingerprint density at radius 1 is 1.33 bits per heavy atom. The van der Waals surface area contributed by atoms with Crippen molar-refractivity contribution in [3.63, 3.8) is 0 Å². The molecule has 0 atom stereocenters. The largest absolute Gasteiger partial charge is 0.343 e. The third kappa shape index (κ3) is 4.34. The van der Waals surface area contributed by atoms with Crippen LogP contribution in [0, 0.1) is 13.8 Å². The number of carbonyl (C=O) groups is 1. The summed E-state index contributed by atoms with van der Waals surface area (Å²) in [7, 11) is 0. The fourth-order valence-corrected chi connectivity index (χ4v) is 2.09. The number of benzene rings is 1. The summed E-state index contributed by atoms with van der Waals surface area (Å²) in [6.07, 6.45) is 1.34. The van der Waals surface area contributed by atoms with E-state index in [0.717, 1.165) is 25.1 Å². The lowest BCUT2D eigenvalue weighted by Crippen LogP contribution is -2.33. The van der Waals surface area contributed by atoms with Gasteiger partial charge in [0.1, 0.15) is 0 Å². The van der Waals surface area contributed by atoms with Crippen molar-refractivity contribution in [1.82, 2.24) is 4.90 Å². The summed E-state index contributed by atoms with van der Waals surface area (Å²) < 4.78 is 0. The fourth-order valence-electron chi connectivity index (χ4n) is 1.98. The molecule has 0 N–H and O–H groups in total. The minimum atomic E-state index is 0.191. The van der Waals surface area contributed by atoms with Crippen molar-refractivity contribution in [1.29, 1.82) is 0 Å². The molecule has 0 saturated carbocycles. The molecular weight excluding hydrogens is 246 g/mol. The summed E-state index contributed by atoms with van der Waals surface area (Å²) in [6, 6.07) is 6.25. The lowest BCUT2D eigenvalue weighted by atomic mass is 10.0. The third-order valence-electron chi connectivity index (χ3n) is 3.14. The zero-order chi connectivity index (χ0) is 13.5. The number of likely N-dealkylation sites (N-methyl/N-ethyl adjacent to an activating group) is 1. The highest BCUT2D eigenvalue weighted by molar-refractivity contribution is 6.17. The lowest BCUT2D eigenvalue weighted by molar-refractivity contribution is -0.130. The van der Waals surface area contributed by atoms with Crippen LogP contribution in [0.5, 0.6) is 0 Å². The van der Waals surface area contributed by atoms with E-state index in [2.05, 4.69) is 32.0 Å². The molecule has 2 nitrogen and oxygen atoms in total. The van der Waals surface area contributed by atoms with Crippen molar-refractivity contribution in [2.24, 2.45) is 0 Å². The maximum Gasteiger partial charge on any atom is 0.226 e. The number of nitrogens with zero attached hydrogens (tertiary/aromatic N) is 1. The second kappa shape index (κ2) is 7.42. The number of hydrogen-bond donors (Lipinski definition) is 0. The van der Waals surface area contributed by atoms with Gasteiger partial charge in [0.25, 0.3) is 0 Å². The second-order valence-electron chi connectivity index (χ2n) is 4.62. The number of carbonyl (C=O) groups excluding carboxylic acids is 1. The van der Waals surface area contributed by atoms with E-state index >= 15 is 0 Å². The minimum Gasteiger partial charge on any atom is -0.343 e. The Morgan fingerprint density at radius 2 is 2.06 bits per heavy atom. The van der Waals surface area contributed by atoms with Crippen molar-refractivity contribution in [2.45, 2.75) is 33.6 Å². The van der Waals surface area contributed by atoms with Gasteiger partial charge in [-0.1, -0.05) is 23.8 Å². The molecule has 0 aliphatic heterocycles. The molecule has 0 radical (unpaired) electrons. The lowest BCUT2D eigenvalue weighted by Gasteiger charge is -2.21. The van der Waals surface area contributed by atoms with Gasteiger partial charge in [-0.2, -0.15) is 0 Å². The Bertz CT molecular complexity index is 403. The molecule has 0 aliphatic carbocycles. The van der Waals surface area contributed by atoms with Crippen LogP contribution < -0.4 is 0 Å². The van der Waals surface area contributed by atoms with Gasteiger partial charge in [-0.05, 0) is 38.3 Å². The molecule has 0 saturated heterocycles. The highest BCUT2D eigenvalue weighted by Crippen LogP contribution is 2.12. The number of halogens is 1. The molecule has 0 bridgehead atoms. The van der Waals surface area contributed by atoms with E-state index in [9.17, 15) is 4.79 Å². The van der Waals surface area contributed by atoms with Crippen LogP contribution in [-0.4, -0.2) is 29.8 Å². The van der Waals surface area contributed by atoms with Gasteiger partial charge >= 0.3 is 0 Å². The maximum absolute atomic E-state index is 12.2. The average Bonchev–Trinajstić information content (AvgIpc) is 2.35. The van der Waals surface area contributed by atoms with Crippen LogP contribution in [0.25, 0.3) is 0 Å². The van der Waals surface area contributed by atoms with E-state index in [0.29, 0.717) is 12.3 Å². The predicted octanol–water partition coefficient (Wildman–Crippen LogP) is 3.32.